The van der Waals surface area contributed by atoms with E-state index in [2.05, 4.69) is 21.2 Å². The molecule has 2 rings (SSSR count). The first-order valence-corrected chi connectivity index (χ1v) is 9.27. The van der Waals surface area contributed by atoms with E-state index in [1.165, 1.54) is 12.1 Å². The zero-order valence-electron chi connectivity index (χ0n) is 16.7. The van der Waals surface area contributed by atoms with Crippen molar-refractivity contribution >= 4 is 23.5 Å². The molecule has 0 heterocycles. The number of aliphatic hydroxyl groups is 2. The van der Waals surface area contributed by atoms with Gasteiger partial charge in [-0.25, -0.2) is 18.7 Å². The van der Waals surface area contributed by atoms with E-state index in [4.69, 9.17) is 21.5 Å². The lowest BCUT2D eigenvalue weighted by molar-refractivity contribution is 0.0262. The number of aliphatic hydroxyl groups excluding tert-OH is 2. The number of anilines is 2. The van der Waals surface area contributed by atoms with E-state index < -0.39 is 40.2 Å². The van der Waals surface area contributed by atoms with E-state index in [1.54, 1.807) is 0 Å². The maximum absolute atomic E-state index is 14.9. The first kappa shape index (κ1) is 24.7. The monoisotopic (exact) mass is 451 g/mol. The second-order valence-corrected chi connectivity index (χ2v) is 6.13. The van der Waals surface area contributed by atoms with Gasteiger partial charge in [0, 0.05) is 17.7 Å². The fourth-order valence-electron chi connectivity index (χ4n) is 2.38. The average Bonchev–Trinajstić information content (AvgIpc) is 2.79. The minimum absolute atomic E-state index is 0.0415. The number of halogens is 3. The van der Waals surface area contributed by atoms with Gasteiger partial charge in [-0.15, -0.1) is 6.42 Å². The van der Waals surface area contributed by atoms with Gasteiger partial charge in [0.15, 0.2) is 11.6 Å². The number of nitrogens with one attached hydrogen (secondary N) is 2. The van der Waals surface area contributed by atoms with Crippen LogP contribution in [0.15, 0.2) is 29.4 Å². The SMILES string of the molecule is C#Cc1ccc(Nc2c(C(=O)NOCCCO)cc(/C=N/OCCO)c(F)c2F)c(F)c1. The van der Waals surface area contributed by atoms with Gasteiger partial charge in [0.1, 0.15) is 12.4 Å². The Labute approximate surface area is 181 Å². The van der Waals surface area contributed by atoms with Gasteiger partial charge in [-0.1, -0.05) is 11.1 Å². The molecule has 0 spiro atoms. The number of amides is 1. The van der Waals surface area contributed by atoms with Gasteiger partial charge in [-0.2, -0.15) is 0 Å². The van der Waals surface area contributed by atoms with Crippen molar-refractivity contribution in [2.24, 2.45) is 5.16 Å². The first-order valence-electron chi connectivity index (χ1n) is 9.27. The summed E-state index contributed by atoms with van der Waals surface area (Å²) in [5, 5.41) is 23.2. The molecule has 0 aliphatic rings. The number of hydrogen-bond acceptors (Lipinski definition) is 7. The number of rotatable bonds is 11. The predicted molar refractivity (Wildman–Crippen MR) is 110 cm³/mol. The van der Waals surface area contributed by atoms with Gasteiger partial charge in [0.25, 0.3) is 5.91 Å². The van der Waals surface area contributed by atoms with Crippen LogP contribution in [0.25, 0.3) is 0 Å². The van der Waals surface area contributed by atoms with Crippen LogP contribution in [0.2, 0.25) is 0 Å². The summed E-state index contributed by atoms with van der Waals surface area (Å²) in [5.74, 6) is -2.47. The number of terminal acetylenes is 1. The lowest BCUT2D eigenvalue weighted by Gasteiger charge is -2.16. The number of benzene rings is 2. The van der Waals surface area contributed by atoms with Gasteiger partial charge in [-0.05, 0) is 30.7 Å². The lowest BCUT2D eigenvalue weighted by atomic mass is 10.1. The van der Waals surface area contributed by atoms with Crippen LogP contribution < -0.4 is 10.8 Å². The first-order chi connectivity index (χ1) is 15.4. The summed E-state index contributed by atoms with van der Waals surface area (Å²) in [6.45, 7) is -0.755. The van der Waals surface area contributed by atoms with E-state index >= 15 is 0 Å². The van der Waals surface area contributed by atoms with Crippen molar-refractivity contribution in [2.75, 3.05) is 31.7 Å². The summed E-state index contributed by atoms with van der Waals surface area (Å²) in [4.78, 5) is 22.1. The molecule has 0 saturated heterocycles. The smallest absolute Gasteiger partial charge is 0.277 e. The minimum Gasteiger partial charge on any atom is -0.396 e. The average molecular weight is 451 g/mol. The number of carbonyl (C=O) groups is 1. The molecular weight excluding hydrogens is 431 g/mol. The van der Waals surface area contributed by atoms with Crippen molar-refractivity contribution in [3.05, 3.63) is 58.4 Å². The molecule has 0 fully saturated rings. The van der Waals surface area contributed by atoms with Crippen molar-refractivity contribution in [2.45, 2.75) is 6.42 Å². The molecule has 2 aromatic carbocycles. The molecule has 170 valence electrons. The second kappa shape index (κ2) is 12.3. The normalized spacial score (nSPS) is 10.8. The Hall–Kier alpha value is -3.59. The molecule has 0 aliphatic heterocycles. The molecule has 0 atom stereocenters. The Morgan fingerprint density at radius 2 is 1.94 bits per heavy atom. The second-order valence-electron chi connectivity index (χ2n) is 6.13. The zero-order valence-corrected chi connectivity index (χ0v) is 16.7. The Bertz CT molecular complexity index is 1020. The van der Waals surface area contributed by atoms with Crippen molar-refractivity contribution in [3.63, 3.8) is 0 Å². The van der Waals surface area contributed by atoms with Gasteiger partial charge < -0.3 is 20.4 Å². The van der Waals surface area contributed by atoms with Crippen LogP contribution in [0.1, 0.15) is 27.9 Å². The molecule has 2 aromatic rings. The molecule has 0 saturated carbocycles. The summed E-state index contributed by atoms with van der Waals surface area (Å²) < 4.78 is 43.8. The van der Waals surface area contributed by atoms with Crippen molar-refractivity contribution in [3.8, 4) is 12.3 Å². The van der Waals surface area contributed by atoms with E-state index in [0.29, 0.717) is 0 Å². The molecule has 0 bridgehead atoms. The third kappa shape index (κ3) is 6.45. The van der Waals surface area contributed by atoms with Crippen LogP contribution in [0.3, 0.4) is 0 Å². The summed E-state index contributed by atoms with van der Waals surface area (Å²) in [7, 11) is 0. The summed E-state index contributed by atoms with van der Waals surface area (Å²) in [6, 6.07) is 4.54. The van der Waals surface area contributed by atoms with Crippen molar-refractivity contribution in [1.82, 2.24) is 5.48 Å². The summed E-state index contributed by atoms with van der Waals surface area (Å²) in [6.07, 6.45) is 6.23. The van der Waals surface area contributed by atoms with Gasteiger partial charge in [0.2, 0.25) is 0 Å². The topological polar surface area (TPSA) is 112 Å². The van der Waals surface area contributed by atoms with Crippen molar-refractivity contribution in [1.29, 1.82) is 0 Å². The van der Waals surface area contributed by atoms with Crippen LogP contribution in [-0.2, 0) is 9.68 Å². The van der Waals surface area contributed by atoms with Gasteiger partial charge >= 0.3 is 0 Å². The van der Waals surface area contributed by atoms with E-state index in [-0.39, 0.29) is 44.1 Å². The Morgan fingerprint density at radius 1 is 1.16 bits per heavy atom. The lowest BCUT2D eigenvalue weighted by Crippen LogP contribution is -2.26. The number of hydroxylamine groups is 1. The maximum atomic E-state index is 14.9. The Kier molecular flexibility index (Phi) is 9.49. The molecule has 4 N–H and O–H groups in total. The number of nitrogens with zero attached hydrogens (tertiary/aromatic N) is 1. The molecular formula is C21H20F3N3O5. The van der Waals surface area contributed by atoms with Crippen LogP contribution in [-0.4, -0.2) is 48.8 Å². The number of oxime groups is 1. The van der Waals surface area contributed by atoms with Crippen LogP contribution in [0.5, 0.6) is 0 Å². The Balaban J connectivity index is 2.45. The molecule has 0 radical (unpaired) electrons. The predicted octanol–water partition coefficient (Wildman–Crippen LogP) is 2.22. The number of carbonyl (C=O) groups excluding carboxylic acids is 1. The largest absolute Gasteiger partial charge is 0.396 e. The quantitative estimate of drug-likeness (QED) is 0.180. The standard InChI is InChI=1S/C21H20F3N3O5/c1-2-13-4-5-17(16(22)10-13)26-20-15(21(30)27-32-8-3-6-28)11-14(18(23)19(20)24)12-25-31-9-7-29/h1,4-5,10-12,26,28-29H,3,6-9H2,(H,27,30)/b25-12+. The molecule has 0 aliphatic carbocycles. The van der Waals surface area contributed by atoms with Crippen LogP contribution in [0, 0.1) is 29.8 Å². The molecule has 8 nitrogen and oxygen atoms in total. The fraction of sp³-hybridized carbons (Fsp3) is 0.238. The molecule has 0 unspecified atom stereocenters. The minimum atomic E-state index is -1.49. The van der Waals surface area contributed by atoms with E-state index in [1.807, 2.05) is 5.48 Å². The highest BCUT2D eigenvalue weighted by molar-refractivity contribution is 6.01. The molecule has 11 heteroatoms. The fourth-order valence-corrected chi connectivity index (χ4v) is 2.38. The summed E-state index contributed by atoms with van der Waals surface area (Å²) in [5.41, 5.74) is 0.459. The van der Waals surface area contributed by atoms with Crippen LogP contribution in [0.4, 0.5) is 24.5 Å². The maximum Gasteiger partial charge on any atom is 0.277 e. The molecule has 0 aromatic heterocycles. The summed E-state index contributed by atoms with van der Waals surface area (Å²) >= 11 is 0. The third-order valence-electron chi connectivity index (χ3n) is 3.89. The van der Waals surface area contributed by atoms with Gasteiger partial charge in [0.05, 0.1) is 36.4 Å². The van der Waals surface area contributed by atoms with E-state index in [0.717, 1.165) is 18.3 Å². The molecule has 1 amide bonds. The van der Waals surface area contributed by atoms with Gasteiger partial charge in [-0.3, -0.25) is 9.63 Å². The van der Waals surface area contributed by atoms with Crippen LogP contribution >= 0.6 is 0 Å². The highest BCUT2D eigenvalue weighted by Crippen LogP contribution is 2.30. The molecule has 32 heavy (non-hydrogen) atoms. The van der Waals surface area contributed by atoms with E-state index in [9.17, 15) is 18.0 Å². The zero-order chi connectivity index (χ0) is 23.5. The Morgan fingerprint density at radius 3 is 2.59 bits per heavy atom. The van der Waals surface area contributed by atoms with Crippen molar-refractivity contribution < 1.29 is 37.9 Å². The third-order valence-corrected chi connectivity index (χ3v) is 3.89. The highest BCUT2D eigenvalue weighted by Gasteiger charge is 2.23. The highest BCUT2D eigenvalue weighted by atomic mass is 19.2. The number of hydrogen-bond donors (Lipinski definition) is 4.